The third-order valence-electron chi connectivity index (χ3n) is 4.41. The Labute approximate surface area is 96.4 Å². The molecule has 2 saturated carbocycles. The van der Waals surface area contributed by atoms with Gasteiger partial charge in [-0.25, -0.2) is 0 Å². The largest absolute Gasteiger partial charge is 0.365 e. The van der Waals surface area contributed by atoms with Crippen molar-refractivity contribution in [3.8, 4) is 0 Å². The Kier molecular flexibility index (Phi) is 2.15. The first kappa shape index (κ1) is 10.3. The van der Waals surface area contributed by atoms with Gasteiger partial charge >= 0.3 is 0 Å². The molecule has 0 radical (unpaired) electrons. The van der Waals surface area contributed by atoms with Crippen molar-refractivity contribution in [3.63, 3.8) is 0 Å². The zero-order valence-corrected chi connectivity index (χ0v) is 9.71. The second-order valence-electron chi connectivity index (χ2n) is 5.57. The van der Waals surface area contributed by atoms with Crippen molar-refractivity contribution in [2.45, 2.75) is 49.7 Å². The van der Waals surface area contributed by atoms with Crippen LogP contribution in [-0.4, -0.2) is 35.1 Å². The first-order valence-electron chi connectivity index (χ1n) is 6.29. The van der Waals surface area contributed by atoms with Gasteiger partial charge in [0.2, 0.25) is 5.91 Å². The average Bonchev–Trinajstić information content (AvgIpc) is 2.23. The van der Waals surface area contributed by atoms with Crippen LogP contribution < -0.4 is 0 Å². The van der Waals surface area contributed by atoms with Gasteiger partial charge in [-0.1, -0.05) is 6.58 Å². The van der Waals surface area contributed by atoms with E-state index in [1.54, 1.807) is 0 Å². The summed E-state index contributed by atoms with van der Waals surface area (Å²) in [5, 5.41) is 0. The van der Waals surface area contributed by atoms with Crippen LogP contribution in [0, 0.1) is 0 Å². The van der Waals surface area contributed by atoms with Gasteiger partial charge in [-0.3, -0.25) is 4.79 Å². The highest BCUT2D eigenvalue weighted by Crippen LogP contribution is 2.49. The Morgan fingerprint density at radius 3 is 1.94 bits per heavy atom. The minimum absolute atomic E-state index is 0.00264. The van der Waals surface area contributed by atoms with Crippen LogP contribution in [-0.2, 0) is 9.53 Å². The van der Waals surface area contributed by atoms with Gasteiger partial charge in [-0.15, -0.1) is 0 Å². The third-order valence-corrected chi connectivity index (χ3v) is 4.41. The minimum Gasteiger partial charge on any atom is -0.365 e. The van der Waals surface area contributed by atoms with E-state index in [1.807, 2.05) is 4.90 Å². The van der Waals surface area contributed by atoms with Gasteiger partial charge in [-0.2, -0.15) is 0 Å². The van der Waals surface area contributed by atoms with Crippen molar-refractivity contribution in [2.24, 2.45) is 0 Å². The molecule has 3 aliphatic rings. The molecule has 1 heterocycles. The van der Waals surface area contributed by atoms with E-state index in [0.29, 0.717) is 0 Å². The summed E-state index contributed by atoms with van der Waals surface area (Å²) in [4.78, 5) is 13.7. The molecule has 3 fully saturated rings. The molecule has 88 valence electrons. The molecule has 1 amide bonds. The third kappa shape index (κ3) is 1.41. The molecular formula is C13H19NO2. The highest BCUT2D eigenvalue weighted by atomic mass is 16.5. The van der Waals surface area contributed by atoms with E-state index in [2.05, 4.69) is 6.58 Å². The number of hydrogen-bond donors (Lipinski definition) is 0. The lowest BCUT2D eigenvalue weighted by Crippen LogP contribution is -2.67. The molecule has 16 heavy (non-hydrogen) atoms. The number of rotatable bonds is 1. The molecule has 0 bridgehead atoms. The summed E-state index contributed by atoms with van der Waals surface area (Å²) >= 11 is 0. The van der Waals surface area contributed by atoms with Crippen molar-refractivity contribution < 1.29 is 9.53 Å². The number of amides is 1. The van der Waals surface area contributed by atoms with Gasteiger partial charge < -0.3 is 9.64 Å². The fourth-order valence-corrected chi connectivity index (χ4v) is 3.22. The molecule has 0 aromatic carbocycles. The smallest absolute Gasteiger partial charge is 0.246 e. The molecule has 0 unspecified atom stereocenters. The predicted molar refractivity (Wildman–Crippen MR) is 61.0 cm³/mol. The summed E-state index contributed by atoms with van der Waals surface area (Å²) in [5.74, 6) is 0.0702. The lowest BCUT2D eigenvalue weighted by Gasteiger charge is -2.59. The molecule has 0 N–H and O–H groups in total. The maximum absolute atomic E-state index is 11.8. The summed E-state index contributed by atoms with van der Waals surface area (Å²) in [6, 6.07) is 0. The van der Waals surface area contributed by atoms with E-state index in [9.17, 15) is 4.79 Å². The number of ether oxygens (including phenoxy) is 1. The van der Waals surface area contributed by atoms with Crippen LogP contribution in [0.5, 0.6) is 0 Å². The topological polar surface area (TPSA) is 29.5 Å². The fourth-order valence-electron chi connectivity index (χ4n) is 3.22. The first-order chi connectivity index (χ1) is 7.67. The van der Waals surface area contributed by atoms with Crippen molar-refractivity contribution in [1.29, 1.82) is 0 Å². The summed E-state index contributed by atoms with van der Waals surface area (Å²) in [5.41, 5.74) is -0.00528. The van der Waals surface area contributed by atoms with E-state index in [0.717, 1.165) is 38.8 Å². The zero-order valence-electron chi connectivity index (χ0n) is 9.71. The monoisotopic (exact) mass is 221 g/mol. The second-order valence-corrected chi connectivity index (χ2v) is 5.57. The number of hydrogen-bond acceptors (Lipinski definition) is 2. The van der Waals surface area contributed by atoms with Crippen LogP contribution in [0.2, 0.25) is 0 Å². The Hall–Kier alpha value is -0.830. The van der Waals surface area contributed by atoms with Crippen LogP contribution in [0.25, 0.3) is 0 Å². The van der Waals surface area contributed by atoms with Crippen LogP contribution in [0.1, 0.15) is 38.5 Å². The van der Waals surface area contributed by atoms with Crippen molar-refractivity contribution in [1.82, 2.24) is 4.90 Å². The molecule has 2 spiro atoms. The predicted octanol–water partition coefficient (Wildman–Crippen LogP) is 1.88. The summed E-state index contributed by atoms with van der Waals surface area (Å²) in [7, 11) is 0. The summed E-state index contributed by atoms with van der Waals surface area (Å²) < 4.78 is 6.33. The van der Waals surface area contributed by atoms with Crippen LogP contribution in [0.4, 0.5) is 0 Å². The highest BCUT2D eigenvalue weighted by molar-refractivity contribution is 5.87. The highest BCUT2D eigenvalue weighted by Gasteiger charge is 2.54. The number of nitrogens with zero attached hydrogens (tertiary/aromatic N) is 1. The maximum Gasteiger partial charge on any atom is 0.246 e. The molecule has 1 aliphatic heterocycles. The van der Waals surface area contributed by atoms with E-state index < -0.39 is 0 Å². The van der Waals surface area contributed by atoms with Crippen molar-refractivity contribution in [3.05, 3.63) is 12.7 Å². The Bertz CT molecular complexity index is 307. The fraction of sp³-hybridized carbons (Fsp3) is 0.769. The minimum atomic E-state index is -0.00264. The van der Waals surface area contributed by atoms with Gasteiger partial charge in [0.05, 0.1) is 24.3 Å². The van der Waals surface area contributed by atoms with Gasteiger partial charge in [0.15, 0.2) is 0 Å². The first-order valence-corrected chi connectivity index (χ1v) is 6.29. The van der Waals surface area contributed by atoms with Gasteiger partial charge in [-0.05, 0) is 44.6 Å². The average molecular weight is 221 g/mol. The van der Waals surface area contributed by atoms with Gasteiger partial charge in [0.1, 0.15) is 0 Å². The standard InChI is InChI=1S/C13H19NO2/c1-2-11(15)14-9-12(5-3-6-12)16-13(10-14)7-4-8-13/h2H,1,3-10H2. The summed E-state index contributed by atoms with van der Waals surface area (Å²) in [6.45, 7) is 5.14. The van der Waals surface area contributed by atoms with Gasteiger partial charge in [0, 0.05) is 0 Å². The molecule has 0 atom stereocenters. The normalized spacial score (nSPS) is 29.6. The molecule has 3 heteroatoms. The molecule has 0 aromatic rings. The Morgan fingerprint density at radius 1 is 1.12 bits per heavy atom. The number of morpholine rings is 1. The molecule has 3 rings (SSSR count). The van der Waals surface area contributed by atoms with E-state index in [-0.39, 0.29) is 17.1 Å². The molecule has 1 saturated heterocycles. The maximum atomic E-state index is 11.8. The van der Waals surface area contributed by atoms with E-state index in [4.69, 9.17) is 4.74 Å². The molecule has 0 aromatic heterocycles. The molecule has 3 nitrogen and oxygen atoms in total. The van der Waals surface area contributed by atoms with Crippen LogP contribution in [0.3, 0.4) is 0 Å². The van der Waals surface area contributed by atoms with Crippen LogP contribution in [0.15, 0.2) is 12.7 Å². The summed E-state index contributed by atoms with van der Waals surface area (Å²) in [6.07, 6.45) is 8.40. The molecular weight excluding hydrogens is 202 g/mol. The Morgan fingerprint density at radius 2 is 1.62 bits per heavy atom. The Balaban J connectivity index is 1.80. The van der Waals surface area contributed by atoms with E-state index in [1.165, 1.54) is 18.9 Å². The zero-order chi connectivity index (χ0) is 11.2. The van der Waals surface area contributed by atoms with Crippen LogP contribution >= 0.6 is 0 Å². The van der Waals surface area contributed by atoms with Gasteiger partial charge in [0.25, 0.3) is 0 Å². The number of carbonyl (C=O) groups excluding carboxylic acids is 1. The lowest BCUT2D eigenvalue weighted by molar-refractivity contribution is -0.261. The van der Waals surface area contributed by atoms with E-state index >= 15 is 0 Å². The molecule has 2 aliphatic carbocycles. The number of carbonyl (C=O) groups is 1. The van der Waals surface area contributed by atoms with Crippen molar-refractivity contribution in [2.75, 3.05) is 13.1 Å². The second kappa shape index (κ2) is 3.33. The quantitative estimate of drug-likeness (QED) is 0.633. The van der Waals surface area contributed by atoms with Crippen molar-refractivity contribution >= 4 is 5.91 Å². The lowest BCUT2D eigenvalue weighted by atomic mass is 9.72. The SMILES string of the molecule is C=CC(=O)N1CC2(CCC2)OC2(CCC2)C1.